The second-order valence-corrected chi connectivity index (χ2v) is 6.81. The number of hydrogen-bond acceptors (Lipinski definition) is 4. The van der Waals surface area contributed by atoms with Gasteiger partial charge in [-0.1, -0.05) is 50.0 Å². The number of carbonyl (C=O) groups is 2. The summed E-state index contributed by atoms with van der Waals surface area (Å²) in [6, 6.07) is 4.74. The predicted octanol–water partition coefficient (Wildman–Crippen LogP) is 4.66. The molecule has 0 amide bonds. The van der Waals surface area contributed by atoms with Crippen LogP contribution in [0.2, 0.25) is 10.0 Å². The Bertz CT molecular complexity index is 550. The first-order valence-electron chi connectivity index (χ1n) is 6.95. The Morgan fingerprint density at radius 3 is 2.32 bits per heavy atom. The van der Waals surface area contributed by atoms with E-state index in [9.17, 15) is 9.59 Å². The summed E-state index contributed by atoms with van der Waals surface area (Å²) >= 11 is 11.7. The van der Waals surface area contributed by atoms with Crippen molar-refractivity contribution in [3.8, 4) is 5.75 Å². The van der Waals surface area contributed by atoms with Crippen LogP contribution in [0.5, 0.6) is 5.75 Å². The van der Waals surface area contributed by atoms with Gasteiger partial charge in [0, 0.05) is 0 Å². The Morgan fingerprint density at radius 1 is 1.14 bits per heavy atom. The van der Waals surface area contributed by atoms with Crippen molar-refractivity contribution < 1.29 is 19.1 Å². The van der Waals surface area contributed by atoms with Crippen LogP contribution < -0.4 is 4.74 Å². The van der Waals surface area contributed by atoms with Crippen molar-refractivity contribution in [2.45, 2.75) is 46.6 Å². The third-order valence-corrected chi connectivity index (χ3v) is 4.00. The van der Waals surface area contributed by atoms with E-state index in [-0.39, 0.29) is 35.1 Å². The van der Waals surface area contributed by atoms with E-state index in [4.69, 9.17) is 32.7 Å². The van der Waals surface area contributed by atoms with Crippen molar-refractivity contribution in [2.24, 2.45) is 5.41 Å². The Kier molecular flexibility index (Phi) is 6.69. The number of benzene rings is 1. The van der Waals surface area contributed by atoms with Crippen LogP contribution in [0.3, 0.4) is 0 Å². The normalized spacial score (nSPS) is 12.6. The minimum absolute atomic E-state index is 0.0442. The van der Waals surface area contributed by atoms with Gasteiger partial charge in [0.1, 0.15) is 11.1 Å². The molecule has 122 valence electrons. The third kappa shape index (κ3) is 5.85. The summed E-state index contributed by atoms with van der Waals surface area (Å²) in [5, 5.41) is 0.465. The van der Waals surface area contributed by atoms with E-state index in [1.54, 1.807) is 12.1 Å². The summed E-state index contributed by atoms with van der Waals surface area (Å²) in [6.45, 7) is 7.74. The summed E-state index contributed by atoms with van der Waals surface area (Å²) < 4.78 is 10.3. The van der Waals surface area contributed by atoms with Gasteiger partial charge in [0.2, 0.25) is 0 Å². The number of rotatable bonds is 5. The van der Waals surface area contributed by atoms with E-state index >= 15 is 0 Å². The SMILES string of the molecule is CC(OC(=O)CCC(=O)Oc1cccc(Cl)c1Cl)C(C)(C)C. The fourth-order valence-electron chi connectivity index (χ4n) is 1.37. The lowest BCUT2D eigenvalue weighted by atomic mass is 9.90. The number of esters is 2. The molecule has 0 radical (unpaired) electrons. The monoisotopic (exact) mass is 346 g/mol. The molecule has 0 saturated heterocycles. The van der Waals surface area contributed by atoms with Gasteiger partial charge in [0.15, 0.2) is 5.75 Å². The molecule has 1 aromatic rings. The lowest BCUT2D eigenvalue weighted by Gasteiger charge is -2.26. The van der Waals surface area contributed by atoms with Crippen molar-refractivity contribution >= 4 is 35.1 Å². The zero-order valence-electron chi connectivity index (χ0n) is 13.1. The van der Waals surface area contributed by atoms with E-state index in [1.807, 2.05) is 27.7 Å². The number of carbonyl (C=O) groups excluding carboxylic acids is 2. The molecule has 1 unspecified atom stereocenters. The number of ether oxygens (including phenoxy) is 2. The molecule has 0 bridgehead atoms. The van der Waals surface area contributed by atoms with Gasteiger partial charge in [0.25, 0.3) is 0 Å². The van der Waals surface area contributed by atoms with E-state index in [0.717, 1.165) is 0 Å². The molecule has 0 heterocycles. The third-order valence-electron chi connectivity index (χ3n) is 3.20. The maximum absolute atomic E-state index is 11.7. The number of hydrogen-bond donors (Lipinski definition) is 0. The molecule has 0 aliphatic carbocycles. The fourth-order valence-corrected chi connectivity index (χ4v) is 1.70. The quantitative estimate of drug-likeness (QED) is 0.574. The first-order chi connectivity index (χ1) is 10.1. The summed E-state index contributed by atoms with van der Waals surface area (Å²) in [6.07, 6.45) is -0.367. The zero-order chi connectivity index (χ0) is 16.9. The van der Waals surface area contributed by atoms with Gasteiger partial charge < -0.3 is 9.47 Å². The first kappa shape index (κ1) is 18.8. The molecule has 1 atom stereocenters. The van der Waals surface area contributed by atoms with Crippen LogP contribution in [0.15, 0.2) is 18.2 Å². The largest absolute Gasteiger partial charge is 0.462 e. The highest BCUT2D eigenvalue weighted by Crippen LogP contribution is 2.31. The molecule has 0 aromatic heterocycles. The van der Waals surface area contributed by atoms with Gasteiger partial charge in [-0.05, 0) is 24.5 Å². The molecular formula is C16H20Cl2O4. The molecule has 0 aliphatic heterocycles. The molecule has 0 fully saturated rings. The molecule has 1 rings (SSSR count). The molecule has 0 spiro atoms. The zero-order valence-corrected chi connectivity index (χ0v) is 14.6. The average Bonchev–Trinajstić information content (AvgIpc) is 2.40. The Balaban J connectivity index is 2.46. The Hall–Kier alpha value is -1.26. The van der Waals surface area contributed by atoms with E-state index in [2.05, 4.69) is 0 Å². The summed E-state index contributed by atoms with van der Waals surface area (Å²) in [4.78, 5) is 23.4. The van der Waals surface area contributed by atoms with Crippen LogP contribution in [0, 0.1) is 5.41 Å². The van der Waals surface area contributed by atoms with Crippen LogP contribution in [-0.4, -0.2) is 18.0 Å². The second kappa shape index (κ2) is 7.84. The molecule has 6 heteroatoms. The Morgan fingerprint density at radius 2 is 1.73 bits per heavy atom. The van der Waals surface area contributed by atoms with Crippen molar-refractivity contribution in [3.63, 3.8) is 0 Å². The van der Waals surface area contributed by atoms with Gasteiger partial charge in [0.05, 0.1) is 17.9 Å². The molecule has 0 N–H and O–H groups in total. The molecule has 22 heavy (non-hydrogen) atoms. The van der Waals surface area contributed by atoms with Gasteiger partial charge in [-0.3, -0.25) is 9.59 Å². The fraction of sp³-hybridized carbons (Fsp3) is 0.500. The summed E-state index contributed by atoms with van der Waals surface area (Å²) in [7, 11) is 0. The number of halogens is 2. The minimum atomic E-state index is -0.565. The standard InChI is InChI=1S/C16H20Cl2O4/c1-10(16(2,3)4)21-13(19)8-9-14(20)22-12-7-5-6-11(17)15(12)18/h5-7,10H,8-9H2,1-4H3. The van der Waals surface area contributed by atoms with E-state index in [1.165, 1.54) is 6.07 Å². The molecule has 0 saturated carbocycles. The minimum Gasteiger partial charge on any atom is -0.462 e. The topological polar surface area (TPSA) is 52.6 Å². The average molecular weight is 347 g/mol. The second-order valence-electron chi connectivity index (χ2n) is 6.02. The summed E-state index contributed by atoms with van der Waals surface area (Å²) in [5.74, 6) is -0.823. The molecule has 1 aromatic carbocycles. The van der Waals surface area contributed by atoms with Crippen LogP contribution in [0.4, 0.5) is 0 Å². The van der Waals surface area contributed by atoms with Crippen molar-refractivity contribution in [1.82, 2.24) is 0 Å². The highest BCUT2D eigenvalue weighted by molar-refractivity contribution is 6.43. The lowest BCUT2D eigenvalue weighted by Crippen LogP contribution is -2.29. The Labute approximate surface area is 140 Å². The van der Waals surface area contributed by atoms with Gasteiger partial charge >= 0.3 is 11.9 Å². The van der Waals surface area contributed by atoms with Gasteiger partial charge in [-0.2, -0.15) is 0 Å². The van der Waals surface area contributed by atoms with Crippen LogP contribution >= 0.6 is 23.2 Å². The van der Waals surface area contributed by atoms with E-state index < -0.39 is 11.9 Å². The first-order valence-corrected chi connectivity index (χ1v) is 7.71. The van der Waals surface area contributed by atoms with Crippen molar-refractivity contribution in [1.29, 1.82) is 0 Å². The lowest BCUT2D eigenvalue weighted by molar-refractivity contribution is -0.155. The van der Waals surface area contributed by atoms with Gasteiger partial charge in [-0.15, -0.1) is 0 Å². The summed E-state index contributed by atoms with van der Waals surface area (Å²) in [5.41, 5.74) is -0.148. The highest BCUT2D eigenvalue weighted by atomic mass is 35.5. The van der Waals surface area contributed by atoms with E-state index in [0.29, 0.717) is 5.02 Å². The van der Waals surface area contributed by atoms with Crippen LogP contribution in [-0.2, 0) is 14.3 Å². The molecule has 0 aliphatic rings. The van der Waals surface area contributed by atoms with Crippen molar-refractivity contribution in [2.75, 3.05) is 0 Å². The molecule has 4 nitrogen and oxygen atoms in total. The van der Waals surface area contributed by atoms with Crippen LogP contribution in [0.1, 0.15) is 40.5 Å². The van der Waals surface area contributed by atoms with Crippen molar-refractivity contribution in [3.05, 3.63) is 28.2 Å². The molecular weight excluding hydrogens is 327 g/mol. The highest BCUT2D eigenvalue weighted by Gasteiger charge is 2.24. The maximum atomic E-state index is 11.7. The predicted molar refractivity (Wildman–Crippen MR) is 86.3 cm³/mol. The van der Waals surface area contributed by atoms with Gasteiger partial charge in [-0.25, -0.2) is 0 Å². The van der Waals surface area contributed by atoms with Crippen LogP contribution in [0.25, 0.3) is 0 Å². The smallest absolute Gasteiger partial charge is 0.311 e. The maximum Gasteiger partial charge on any atom is 0.311 e.